The van der Waals surface area contributed by atoms with Crippen LogP contribution in [0.1, 0.15) is 19.8 Å². The Balaban J connectivity index is -0.000000153. The summed E-state index contributed by atoms with van der Waals surface area (Å²) >= 11 is 0. The molecule has 13 nitrogen and oxygen atoms in total. The third kappa shape index (κ3) is 56.6. The average Bonchev–Trinajstić information content (AvgIpc) is 2.50. The van der Waals surface area contributed by atoms with Crippen molar-refractivity contribution in [3.05, 3.63) is 0 Å². The van der Waals surface area contributed by atoms with Crippen molar-refractivity contribution < 1.29 is 34.2 Å². The molecule has 168 valence electrons. The van der Waals surface area contributed by atoms with E-state index in [2.05, 4.69) is 37.9 Å². The van der Waals surface area contributed by atoms with Gasteiger partial charge in [0.1, 0.15) is 12.6 Å². The van der Waals surface area contributed by atoms with Crippen molar-refractivity contribution in [1.82, 2.24) is 5.32 Å². The Kier molecular flexibility index (Phi) is 24.6. The molecule has 0 rings (SSSR count). The van der Waals surface area contributed by atoms with Crippen LogP contribution in [0.25, 0.3) is 0 Å². The number of amides is 1. The van der Waals surface area contributed by atoms with Crippen LogP contribution in [-0.4, -0.2) is 91.9 Å². The number of likely N-dealkylation sites (N-methyl/N-ethyl adjacent to an activating group) is 1. The molecule has 0 saturated carbocycles. The van der Waals surface area contributed by atoms with Crippen LogP contribution < -0.4 is 33.4 Å². The van der Waals surface area contributed by atoms with Gasteiger partial charge in [0.2, 0.25) is 5.91 Å². The molecule has 0 aromatic heterocycles. The van der Waals surface area contributed by atoms with Gasteiger partial charge in [0, 0.05) is 20.0 Å². The van der Waals surface area contributed by atoms with Crippen molar-refractivity contribution in [2.75, 3.05) is 47.4 Å². The first-order chi connectivity index (χ1) is 12.6. The maximum atomic E-state index is 10.2. The van der Waals surface area contributed by atoms with E-state index in [0.717, 1.165) is 11.0 Å². The Morgan fingerprint density at radius 1 is 1.21 bits per heavy atom. The van der Waals surface area contributed by atoms with Crippen LogP contribution in [0, 0.1) is 5.41 Å². The molecule has 1 atom stereocenters. The Morgan fingerprint density at radius 3 is 1.79 bits per heavy atom. The number of quaternary nitrogens is 1. The summed E-state index contributed by atoms with van der Waals surface area (Å²) in [5.74, 6) is -2.67. The lowest BCUT2D eigenvalue weighted by Gasteiger charge is -2.21. The number of carbonyl (C=O) groups excluding carboxylic acids is 2. The van der Waals surface area contributed by atoms with E-state index in [1.54, 1.807) is 0 Å². The molecule has 0 fully saturated rings. The van der Waals surface area contributed by atoms with Gasteiger partial charge in [-0.3, -0.25) is 15.0 Å². The second kappa shape index (κ2) is 20.8. The molecule has 0 aromatic carbocycles. The van der Waals surface area contributed by atoms with Gasteiger partial charge in [0.25, 0.3) is 0 Å². The van der Waals surface area contributed by atoms with Gasteiger partial charge in [-0.15, -0.1) is 0 Å². The molecule has 0 bridgehead atoms. The van der Waals surface area contributed by atoms with Gasteiger partial charge < -0.3 is 52.8 Å². The van der Waals surface area contributed by atoms with Gasteiger partial charge in [-0.1, -0.05) is 0 Å². The number of nitrogens with one attached hydrogen (secondary N) is 2. The highest BCUT2D eigenvalue weighted by Gasteiger charge is 2.09. The molecule has 0 aliphatic carbocycles. The van der Waals surface area contributed by atoms with Gasteiger partial charge >= 0.3 is 5.97 Å². The summed E-state index contributed by atoms with van der Waals surface area (Å²) in [5.41, 5.74) is 19.2. The highest BCUT2D eigenvalue weighted by Crippen LogP contribution is 1.92. The van der Waals surface area contributed by atoms with Crippen LogP contribution >= 0.6 is 0 Å². The maximum Gasteiger partial charge on any atom is 0.320 e. The minimum absolute atomic E-state index is 0.112. The number of nitrogens with two attached hydrogens (primary N) is 4. The first kappa shape index (κ1) is 33.1. The van der Waals surface area contributed by atoms with E-state index in [4.69, 9.17) is 37.0 Å². The second-order valence-electron chi connectivity index (χ2n) is 6.35. The number of carbonyl (C=O) groups is 3. The zero-order valence-corrected chi connectivity index (χ0v) is 17.1. The normalized spacial score (nSPS) is 10.4. The Hall–Kier alpha value is -2.48. The van der Waals surface area contributed by atoms with E-state index in [9.17, 15) is 9.59 Å². The molecule has 0 unspecified atom stereocenters. The highest BCUT2D eigenvalue weighted by atomic mass is 16.4. The van der Waals surface area contributed by atoms with Gasteiger partial charge in [-0.25, -0.2) is 0 Å². The molecular weight excluding hydrogens is 374 g/mol. The lowest BCUT2D eigenvalue weighted by molar-refractivity contribution is -0.870. The van der Waals surface area contributed by atoms with Crippen LogP contribution in [0.3, 0.4) is 0 Å². The first-order valence-corrected chi connectivity index (χ1v) is 8.24. The predicted octanol–water partition coefficient (Wildman–Crippen LogP) is -4.47. The number of aliphatic hydroxyl groups excluding tert-OH is 1. The third-order valence-electron chi connectivity index (χ3n) is 2.26. The monoisotopic (exact) mass is 411 g/mol. The van der Waals surface area contributed by atoms with Crippen molar-refractivity contribution in [1.29, 1.82) is 5.41 Å². The minimum atomic E-state index is -1.22. The largest absolute Gasteiger partial charge is 0.549 e. The molecule has 0 spiro atoms. The number of hydrogen-bond acceptors (Lipinski definition) is 8. The van der Waals surface area contributed by atoms with Crippen molar-refractivity contribution in [3.63, 3.8) is 0 Å². The number of guanidine groups is 1. The minimum Gasteiger partial charge on any atom is -0.549 e. The van der Waals surface area contributed by atoms with Crippen LogP contribution in [0.15, 0.2) is 0 Å². The van der Waals surface area contributed by atoms with E-state index < -0.39 is 18.0 Å². The number of carboxylic acid groups (broad SMARTS) is 2. The quantitative estimate of drug-likeness (QED) is 0.0821. The summed E-state index contributed by atoms with van der Waals surface area (Å²) in [5, 5.41) is 35.2. The van der Waals surface area contributed by atoms with E-state index in [1.165, 1.54) is 6.92 Å². The number of rotatable bonds is 8. The summed E-state index contributed by atoms with van der Waals surface area (Å²) < 4.78 is 0.844. The van der Waals surface area contributed by atoms with Crippen LogP contribution in [-0.2, 0) is 14.4 Å². The number of nitrogens with zero attached hydrogens (tertiary/aromatic N) is 1. The smallest absolute Gasteiger partial charge is 0.320 e. The molecule has 0 radical (unpaired) electrons. The summed E-state index contributed by atoms with van der Waals surface area (Å²) in [4.78, 5) is 28.6. The van der Waals surface area contributed by atoms with Crippen molar-refractivity contribution in [2.24, 2.45) is 22.9 Å². The van der Waals surface area contributed by atoms with Crippen molar-refractivity contribution >= 4 is 23.8 Å². The number of carboxylic acids is 2. The van der Waals surface area contributed by atoms with Crippen LogP contribution in [0.5, 0.6) is 0 Å². The number of primary amides is 1. The van der Waals surface area contributed by atoms with E-state index in [-0.39, 0.29) is 25.0 Å². The standard InChI is InChI=1S/C6H14N4O2.C5H14NO.C2H5NO2.C2H5NO/c7-4(5(11)12)2-1-3-10-6(8)9;1-6(2,3)4-5-7;3-1-2(4)5;1-2(3)4/h4H,1-3,7H2,(H,11,12)(H4,8,9,10);7H,4-5H2,1-3H3;1,3H2,(H,4,5);1H3,(H2,3,4)/q;+1;;/p-1/t4-;;;/m0.../s1. The molecular formula is C15H37N7O6. The van der Waals surface area contributed by atoms with Gasteiger partial charge in [0.05, 0.1) is 33.7 Å². The fraction of sp³-hybridized carbons (Fsp3) is 0.733. The summed E-state index contributed by atoms with van der Waals surface area (Å²) in [6, 6.07) is -0.821. The molecule has 0 heterocycles. The highest BCUT2D eigenvalue weighted by molar-refractivity contribution is 5.74. The Morgan fingerprint density at radius 2 is 1.61 bits per heavy atom. The maximum absolute atomic E-state index is 10.2. The molecule has 0 aliphatic rings. The zero-order chi connectivity index (χ0) is 23.3. The van der Waals surface area contributed by atoms with Gasteiger partial charge in [-0.2, -0.15) is 0 Å². The Bertz CT molecular complexity index is 437. The third-order valence-corrected chi connectivity index (χ3v) is 2.26. The zero-order valence-electron chi connectivity index (χ0n) is 17.1. The van der Waals surface area contributed by atoms with E-state index in [1.807, 2.05) is 0 Å². The lowest BCUT2D eigenvalue weighted by atomic mass is 10.2. The van der Waals surface area contributed by atoms with Crippen molar-refractivity contribution in [2.45, 2.75) is 25.8 Å². The number of aliphatic hydroxyl groups is 1. The molecule has 0 aliphatic heterocycles. The lowest BCUT2D eigenvalue weighted by Crippen LogP contribution is -2.36. The molecule has 12 N–H and O–H groups in total. The first-order valence-electron chi connectivity index (χ1n) is 8.24. The molecule has 13 heteroatoms. The molecule has 1 amide bonds. The topological polar surface area (TPSA) is 255 Å². The van der Waals surface area contributed by atoms with Gasteiger partial charge in [0.15, 0.2) is 5.96 Å². The Labute approximate surface area is 165 Å². The van der Waals surface area contributed by atoms with Crippen LogP contribution in [0.2, 0.25) is 0 Å². The predicted molar refractivity (Wildman–Crippen MR) is 104 cm³/mol. The van der Waals surface area contributed by atoms with E-state index in [0.29, 0.717) is 19.4 Å². The van der Waals surface area contributed by atoms with Crippen LogP contribution in [0.4, 0.5) is 0 Å². The van der Waals surface area contributed by atoms with E-state index >= 15 is 0 Å². The summed E-state index contributed by atoms with van der Waals surface area (Å²) in [6.07, 6.45) is 0.975. The fourth-order valence-corrected chi connectivity index (χ4v) is 0.969. The molecule has 0 aromatic rings. The van der Waals surface area contributed by atoms with Crippen molar-refractivity contribution in [3.8, 4) is 0 Å². The summed E-state index contributed by atoms with van der Waals surface area (Å²) in [7, 11) is 6.16. The SMILES string of the molecule is CC(N)=O.C[N+](C)(C)CCO.N=C(N)NCCC[C@H](N)C(=O)O.NCC(=O)[O-]. The molecule has 0 saturated heterocycles. The average molecular weight is 412 g/mol. The number of aliphatic carboxylic acids is 2. The second-order valence-corrected chi connectivity index (χ2v) is 6.35. The molecule has 28 heavy (non-hydrogen) atoms. The summed E-state index contributed by atoms with van der Waals surface area (Å²) in [6.45, 7) is 2.51. The van der Waals surface area contributed by atoms with Gasteiger partial charge in [-0.05, 0) is 12.8 Å². The fourth-order valence-electron chi connectivity index (χ4n) is 0.969. The number of hydrogen-bond donors (Lipinski definition) is 8.